The Bertz CT molecular complexity index is 842. The molecule has 9 nitrogen and oxygen atoms in total. The molecule has 9 heteroatoms. The molecule has 3 N–H and O–H groups in total. The number of carbonyl (C=O) groups is 2. The third-order valence-corrected chi connectivity index (χ3v) is 3.18. The van der Waals surface area contributed by atoms with E-state index in [4.69, 9.17) is 9.47 Å². The molecule has 2 aromatic heterocycles. The Hall–Kier alpha value is -3.10. The zero-order valence-corrected chi connectivity index (χ0v) is 17.0. The number of hydrogen-bond donors (Lipinski definition) is 3. The predicted octanol–water partition coefficient (Wildman–Crippen LogP) is 3.47. The van der Waals surface area contributed by atoms with Gasteiger partial charge in [0.15, 0.2) is 0 Å². The van der Waals surface area contributed by atoms with Gasteiger partial charge in [-0.05, 0) is 53.7 Å². The molecule has 0 unspecified atom stereocenters. The van der Waals surface area contributed by atoms with Gasteiger partial charge < -0.3 is 14.5 Å². The topological polar surface area (TPSA) is 118 Å². The zero-order valence-electron chi connectivity index (χ0n) is 17.0. The van der Waals surface area contributed by atoms with Crippen LogP contribution in [0.2, 0.25) is 0 Å². The molecule has 0 fully saturated rings. The summed E-state index contributed by atoms with van der Waals surface area (Å²) in [4.78, 5) is 35.7. The molecule has 0 spiro atoms. The minimum absolute atomic E-state index is 0.0678. The van der Waals surface area contributed by atoms with Gasteiger partial charge in [-0.2, -0.15) is 0 Å². The van der Waals surface area contributed by atoms with Crippen LogP contribution in [0.4, 0.5) is 9.59 Å². The Labute approximate surface area is 163 Å². The van der Waals surface area contributed by atoms with Gasteiger partial charge in [0.05, 0.1) is 6.54 Å². The minimum atomic E-state index is -0.733. The molecule has 0 bridgehead atoms. The molecule has 0 aromatic carbocycles. The molecular formula is C19H27N5O4. The number of aromatic amines is 1. The molecule has 2 heterocycles. The summed E-state index contributed by atoms with van der Waals surface area (Å²) in [6.07, 6.45) is 2.00. The van der Waals surface area contributed by atoms with Gasteiger partial charge in [0.25, 0.3) is 0 Å². The Kier molecular flexibility index (Phi) is 6.27. The fourth-order valence-electron chi connectivity index (χ4n) is 2.22. The van der Waals surface area contributed by atoms with Crippen molar-refractivity contribution in [3.63, 3.8) is 0 Å². The van der Waals surface area contributed by atoms with Crippen molar-refractivity contribution in [2.24, 2.45) is 4.99 Å². The normalized spacial score (nSPS) is 11.6. The van der Waals surface area contributed by atoms with E-state index in [0.717, 1.165) is 16.6 Å². The fraction of sp³-hybridized carbons (Fsp3) is 0.474. The number of nitrogens with zero attached hydrogens (tertiary/aromatic N) is 2. The highest BCUT2D eigenvalue weighted by Crippen LogP contribution is 2.16. The summed E-state index contributed by atoms with van der Waals surface area (Å²) in [5, 5.41) is 5.81. The first-order valence-corrected chi connectivity index (χ1v) is 8.88. The van der Waals surface area contributed by atoms with Crippen molar-refractivity contribution in [2.45, 2.75) is 59.3 Å². The number of nitrogens with one attached hydrogen (secondary N) is 3. The van der Waals surface area contributed by atoms with Gasteiger partial charge >= 0.3 is 12.2 Å². The maximum atomic E-state index is 12.1. The highest BCUT2D eigenvalue weighted by Gasteiger charge is 2.21. The first-order valence-electron chi connectivity index (χ1n) is 8.88. The summed E-state index contributed by atoms with van der Waals surface area (Å²) in [5.74, 6) is -0.0678. The quantitative estimate of drug-likeness (QED) is 0.537. The number of aliphatic imine (C=N–C) groups is 1. The average Bonchev–Trinajstić information content (AvgIpc) is 2.92. The highest BCUT2D eigenvalue weighted by atomic mass is 16.6. The average molecular weight is 389 g/mol. The lowest BCUT2D eigenvalue weighted by Gasteiger charge is -2.22. The van der Waals surface area contributed by atoms with Crippen LogP contribution in [0, 0.1) is 0 Å². The number of guanidine groups is 1. The first kappa shape index (κ1) is 21.2. The highest BCUT2D eigenvalue weighted by molar-refractivity contribution is 6.01. The lowest BCUT2D eigenvalue weighted by atomic mass is 10.2. The van der Waals surface area contributed by atoms with Crippen LogP contribution in [0.5, 0.6) is 0 Å². The van der Waals surface area contributed by atoms with Gasteiger partial charge in [-0.25, -0.2) is 19.6 Å². The maximum Gasteiger partial charge on any atom is 0.414 e. The Balaban J connectivity index is 2.17. The second-order valence-electron chi connectivity index (χ2n) is 8.13. The Morgan fingerprint density at radius 3 is 2.18 bits per heavy atom. The van der Waals surface area contributed by atoms with E-state index < -0.39 is 23.4 Å². The number of hydrogen-bond acceptors (Lipinski definition) is 6. The van der Waals surface area contributed by atoms with Crippen LogP contribution < -0.4 is 10.6 Å². The molecule has 0 aliphatic heterocycles. The summed E-state index contributed by atoms with van der Waals surface area (Å²) in [6.45, 7) is 10.6. The van der Waals surface area contributed by atoms with Crippen molar-refractivity contribution in [3.05, 3.63) is 30.1 Å². The van der Waals surface area contributed by atoms with Crippen molar-refractivity contribution >= 4 is 29.2 Å². The van der Waals surface area contributed by atoms with E-state index in [1.165, 1.54) is 0 Å². The number of aromatic nitrogens is 2. The van der Waals surface area contributed by atoms with Crippen LogP contribution in [0.3, 0.4) is 0 Å². The summed E-state index contributed by atoms with van der Waals surface area (Å²) in [6, 6.07) is 3.73. The summed E-state index contributed by atoms with van der Waals surface area (Å²) >= 11 is 0. The summed E-state index contributed by atoms with van der Waals surface area (Å²) in [7, 11) is 0. The number of H-pyrrole nitrogens is 1. The molecular weight excluding hydrogens is 362 g/mol. The van der Waals surface area contributed by atoms with Crippen LogP contribution in [0.25, 0.3) is 11.0 Å². The molecule has 28 heavy (non-hydrogen) atoms. The van der Waals surface area contributed by atoms with Gasteiger partial charge in [-0.1, -0.05) is 0 Å². The molecule has 2 aromatic rings. The molecule has 0 saturated heterocycles. The molecule has 0 aliphatic carbocycles. The SMILES string of the molecule is CC(C)(C)OC(=O)NC(=NCc1c[nH]c2ncccc12)NC(=O)OC(C)(C)C. The van der Waals surface area contributed by atoms with E-state index >= 15 is 0 Å². The standard InChI is InChI=1S/C19H27N5O4/c1-18(2,3)27-16(25)23-15(24-17(26)28-19(4,5)6)22-11-12-10-21-14-13(12)8-7-9-20-14/h7-10H,11H2,1-6H3,(H,20,21)(H2,22,23,24,25,26). The largest absolute Gasteiger partial charge is 0.444 e. The van der Waals surface area contributed by atoms with E-state index in [9.17, 15) is 9.59 Å². The first-order chi connectivity index (χ1) is 12.9. The van der Waals surface area contributed by atoms with Crippen LogP contribution in [0.15, 0.2) is 29.5 Å². The third kappa shape index (κ3) is 6.90. The van der Waals surface area contributed by atoms with Crippen LogP contribution in [-0.4, -0.2) is 39.3 Å². The third-order valence-electron chi connectivity index (χ3n) is 3.18. The number of fused-ring (bicyclic) bond motifs is 1. The number of carbonyl (C=O) groups excluding carboxylic acids is 2. The monoisotopic (exact) mass is 389 g/mol. The predicted molar refractivity (Wildman–Crippen MR) is 106 cm³/mol. The van der Waals surface area contributed by atoms with E-state index in [2.05, 4.69) is 25.6 Å². The molecule has 0 radical (unpaired) electrons. The van der Waals surface area contributed by atoms with E-state index in [0.29, 0.717) is 0 Å². The smallest absolute Gasteiger partial charge is 0.414 e. The second-order valence-corrected chi connectivity index (χ2v) is 8.13. The maximum absolute atomic E-state index is 12.1. The molecule has 0 saturated carbocycles. The van der Waals surface area contributed by atoms with Crippen molar-refractivity contribution < 1.29 is 19.1 Å². The van der Waals surface area contributed by atoms with E-state index in [1.54, 1.807) is 53.9 Å². The second kappa shape index (κ2) is 8.28. The van der Waals surface area contributed by atoms with Crippen molar-refractivity contribution in [1.82, 2.24) is 20.6 Å². The van der Waals surface area contributed by atoms with Gasteiger partial charge in [0, 0.05) is 23.3 Å². The fourth-order valence-corrected chi connectivity index (χ4v) is 2.22. The minimum Gasteiger partial charge on any atom is -0.444 e. The number of pyridine rings is 1. The van der Waals surface area contributed by atoms with Crippen LogP contribution in [0.1, 0.15) is 47.1 Å². The molecule has 152 valence electrons. The van der Waals surface area contributed by atoms with Crippen molar-refractivity contribution in [3.8, 4) is 0 Å². The number of amides is 2. The number of ether oxygens (including phenoxy) is 2. The molecule has 2 amide bonds. The lowest BCUT2D eigenvalue weighted by molar-refractivity contribution is 0.0545. The molecule has 0 aliphatic rings. The van der Waals surface area contributed by atoms with Gasteiger partial charge in [0.2, 0.25) is 5.96 Å². The lowest BCUT2D eigenvalue weighted by Crippen LogP contribution is -2.47. The van der Waals surface area contributed by atoms with Crippen LogP contribution in [-0.2, 0) is 16.0 Å². The summed E-state index contributed by atoms with van der Waals surface area (Å²) in [5.41, 5.74) is 0.208. The van der Waals surface area contributed by atoms with Crippen LogP contribution >= 0.6 is 0 Å². The van der Waals surface area contributed by atoms with Gasteiger partial charge in [-0.3, -0.25) is 10.6 Å². The number of rotatable bonds is 2. The summed E-state index contributed by atoms with van der Waals surface area (Å²) < 4.78 is 10.4. The van der Waals surface area contributed by atoms with E-state index in [-0.39, 0.29) is 12.5 Å². The Morgan fingerprint density at radius 2 is 1.64 bits per heavy atom. The van der Waals surface area contributed by atoms with Gasteiger partial charge in [0.1, 0.15) is 16.8 Å². The van der Waals surface area contributed by atoms with Gasteiger partial charge in [-0.15, -0.1) is 0 Å². The van der Waals surface area contributed by atoms with Crippen molar-refractivity contribution in [2.75, 3.05) is 0 Å². The number of alkyl carbamates (subject to hydrolysis) is 2. The zero-order chi connectivity index (χ0) is 20.9. The van der Waals surface area contributed by atoms with Crippen molar-refractivity contribution in [1.29, 1.82) is 0 Å². The molecule has 2 rings (SSSR count). The van der Waals surface area contributed by atoms with E-state index in [1.807, 2.05) is 12.1 Å². The molecule has 0 atom stereocenters. The Morgan fingerprint density at radius 1 is 1.07 bits per heavy atom.